The van der Waals surface area contributed by atoms with Gasteiger partial charge in [-0.2, -0.15) is 4.98 Å². The Kier molecular flexibility index (Phi) is 4.29. The van der Waals surface area contributed by atoms with Gasteiger partial charge in [0.2, 0.25) is 0 Å². The van der Waals surface area contributed by atoms with Crippen molar-refractivity contribution in [3.05, 3.63) is 47.6 Å². The van der Waals surface area contributed by atoms with Crippen LogP contribution < -0.4 is 0 Å². The molecule has 1 aromatic heterocycles. The fraction of sp³-hybridized carbons (Fsp3) is 0.526. The first-order valence-corrected chi connectivity index (χ1v) is 9.09. The quantitative estimate of drug-likeness (QED) is 0.859. The number of carbonyl (C=O) groups excluding carboxylic acids is 1. The van der Waals surface area contributed by atoms with Gasteiger partial charge >= 0.3 is 11.8 Å². The number of hydrogen-bond donors (Lipinski definition) is 0. The number of rotatable bonds is 3. The van der Waals surface area contributed by atoms with E-state index < -0.39 is 0 Å². The summed E-state index contributed by atoms with van der Waals surface area (Å²) < 4.78 is 5.05. The van der Waals surface area contributed by atoms with Gasteiger partial charge in [-0.25, -0.2) is 0 Å². The SMILES string of the molecule is Cc1noc(C(=O)N2CCC(c3ccccc3)(N3CCCC3)CC2)n1. The Morgan fingerprint density at radius 3 is 2.36 bits per heavy atom. The molecule has 0 spiro atoms. The average Bonchev–Trinajstić information content (AvgIpc) is 3.34. The summed E-state index contributed by atoms with van der Waals surface area (Å²) in [6.45, 7) is 5.44. The minimum atomic E-state index is -0.149. The van der Waals surface area contributed by atoms with E-state index in [2.05, 4.69) is 45.4 Å². The Morgan fingerprint density at radius 1 is 1.08 bits per heavy atom. The monoisotopic (exact) mass is 340 g/mol. The molecule has 1 aromatic carbocycles. The maximum absolute atomic E-state index is 12.6. The van der Waals surface area contributed by atoms with E-state index in [1.54, 1.807) is 6.92 Å². The zero-order chi connectivity index (χ0) is 17.3. The topological polar surface area (TPSA) is 62.5 Å². The van der Waals surface area contributed by atoms with Gasteiger partial charge in [-0.05, 0) is 51.3 Å². The Hall–Kier alpha value is -2.21. The van der Waals surface area contributed by atoms with Crippen molar-refractivity contribution in [2.24, 2.45) is 0 Å². The van der Waals surface area contributed by atoms with Gasteiger partial charge in [-0.15, -0.1) is 0 Å². The third-order valence-electron chi connectivity index (χ3n) is 5.61. The number of hydrogen-bond acceptors (Lipinski definition) is 5. The molecule has 2 fully saturated rings. The fourth-order valence-electron chi connectivity index (χ4n) is 4.28. The van der Waals surface area contributed by atoms with Crippen molar-refractivity contribution in [1.82, 2.24) is 19.9 Å². The number of benzene rings is 1. The first kappa shape index (κ1) is 16.3. The highest BCUT2D eigenvalue weighted by atomic mass is 16.5. The van der Waals surface area contributed by atoms with Crippen molar-refractivity contribution >= 4 is 5.91 Å². The number of aromatic nitrogens is 2. The molecule has 0 N–H and O–H groups in total. The van der Waals surface area contributed by atoms with E-state index in [1.165, 1.54) is 18.4 Å². The average molecular weight is 340 g/mol. The molecule has 2 aliphatic heterocycles. The molecular formula is C19H24N4O2. The summed E-state index contributed by atoms with van der Waals surface area (Å²) in [5.74, 6) is 0.450. The smallest absolute Gasteiger partial charge is 0.316 e. The summed E-state index contributed by atoms with van der Waals surface area (Å²) in [5.41, 5.74) is 1.41. The first-order valence-electron chi connectivity index (χ1n) is 9.09. The molecule has 0 unspecified atom stereocenters. The van der Waals surface area contributed by atoms with Gasteiger partial charge in [0.05, 0.1) is 0 Å². The van der Waals surface area contributed by atoms with Crippen LogP contribution in [0.2, 0.25) is 0 Å². The summed E-state index contributed by atoms with van der Waals surface area (Å²) in [7, 11) is 0. The van der Waals surface area contributed by atoms with Gasteiger partial charge in [-0.3, -0.25) is 9.69 Å². The van der Waals surface area contributed by atoms with E-state index in [1.807, 2.05) is 4.90 Å². The van der Waals surface area contributed by atoms with E-state index >= 15 is 0 Å². The first-order chi connectivity index (χ1) is 12.2. The lowest BCUT2D eigenvalue weighted by Gasteiger charge is -2.47. The molecule has 132 valence electrons. The number of likely N-dealkylation sites (tertiary alicyclic amines) is 2. The zero-order valence-corrected chi connectivity index (χ0v) is 14.6. The highest BCUT2D eigenvalue weighted by Gasteiger charge is 2.43. The predicted molar refractivity (Wildman–Crippen MR) is 93.1 cm³/mol. The van der Waals surface area contributed by atoms with Crippen molar-refractivity contribution in [3.63, 3.8) is 0 Å². The molecule has 0 radical (unpaired) electrons. The molecule has 1 amide bonds. The summed E-state index contributed by atoms with van der Waals surface area (Å²) in [5, 5.41) is 3.73. The van der Waals surface area contributed by atoms with Crippen LogP contribution in [0.3, 0.4) is 0 Å². The number of amides is 1. The van der Waals surface area contributed by atoms with Gasteiger partial charge in [0.25, 0.3) is 0 Å². The van der Waals surface area contributed by atoms with E-state index in [0.29, 0.717) is 18.9 Å². The minimum Gasteiger partial charge on any atom is -0.334 e. The lowest BCUT2D eigenvalue weighted by Crippen LogP contribution is -2.53. The minimum absolute atomic E-state index is 0.0410. The molecule has 6 nitrogen and oxygen atoms in total. The molecule has 4 rings (SSSR count). The zero-order valence-electron chi connectivity index (χ0n) is 14.6. The molecule has 0 bridgehead atoms. The second-order valence-electron chi connectivity index (χ2n) is 7.03. The molecule has 2 saturated heterocycles. The van der Waals surface area contributed by atoms with Crippen LogP contribution in [-0.2, 0) is 5.54 Å². The van der Waals surface area contributed by atoms with Gasteiger partial charge in [0.15, 0.2) is 5.82 Å². The summed E-state index contributed by atoms with van der Waals surface area (Å²) >= 11 is 0. The van der Waals surface area contributed by atoms with Crippen molar-refractivity contribution in [3.8, 4) is 0 Å². The van der Waals surface area contributed by atoms with Gasteiger partial charge < -0.3 is 9.42 Å². The van der Waals surface area contributed by atoms with E-state index in [4.69, 9.17) is 4.52 Å². The lowest BCUT2D eigenvalue weighted by atomic mass is 9.79. The van der Waals surface area contributed by atoms with Crippen LogP contribution >= 0.6 is 0 Å². The Balaban J connectivity index is 1.55. The maximum atomic E-state index is 12.6. The number of nitrogens with zero attached hydrogens (tertiary/aromatic N) is 4. The van der Waals surface area contributed by atoms with Crippen LogP contribution in [-0.4, -0.2) is 52.0 Å². The van der Waals surface area contributed by atoms with Crippen molar-refractivity contribution in [1.29, 1.82) is 0 Å². The van der Waals surface area contributed by atoms with Crippen LogP contribution in [0.15, 0.2) is 34.9 Å². The van der Waals surface area contributed by atoms with Crippen molar-refractivity contribution in [2.75, 3.05) is 26.2 Å². The lowest BCUT2D eigenvalue weighted by molar-refractivity contribution is 0.0269. The summed E-state index contributed by atoms with van der Waals surface area (Å²) in [6.07, 6.45) is 4.41. The van der Waals surface area contributed by atoms with Crippen molar-refractivity contribution in [2.45, 2.75) is 38.1 Å². The molecular weight excluding hydrogens is 316 g/mol. The fourth-order valence-corrected chi connectivity index (χ4v) is 4.28. The van der Waals surface area contributed by atoms with Gasteiger partial charge in [0.1, 0.15) is 0 Å². The molecule has 2 aliphatic rings. The second kappa shape index (κ2) is 6.59. The van der Waals surface area contributed by atoms with Gasteiger partial charge in [-0.1, -0.05) is 35.5 Å². The second-order valence-corrected chi connectivity index (χ2v) is 7.03. The molecule has 3 heterocycles. The summed E-state index contributed by atoms with van der Waals surface area (Å²) in [6, 6.07) is 10.8. The Morgan fingerprint density at radius 2 is 1.76 bits per heavy atom. The van der Waals surface area contributed by atoms with Crippen LogP contribution in [0.5, 0.6) is 0 Å². The van der Waals surface area contributed by atoms with Crippen LogP contribution in [0.4, 0.5) is 0 Å². The van der Waals surface area contributed by atoms with E-state index in [9.17, 15) is 4.79 Å². The molecule has 0 saturated carbocycles. The molecule has 0 atom stereocenters. The maximum Gasteiger partial charge on any atom is 0.316 e. The standard InChI is InChI=1S/C19H24N4O2/c1-15-20-17(25-21-15)18(24)22-13-9-19(10-14-22,23-11-5-6-12-23)16-7-3-2-4-8-16/h2-4,7-8H,5-6,9-14H2,1H3. The molecule has 25 heavy (non-hydrogen) atoms. The highest BCUT2D eigenvalue weighted by Crippen LogP contribution is 2.41. The third-order valence-corrected chi connectivity index (χ3v) is 5.61. The van der Waals surface area contributed by atoms with Gasteiger partial charge in [0, 0.05) is 18.6 Å². The highest BCUT2D eigenvalue weighted by molar-refractivity contribution is 5.89. The van der Waals surface area contributed by atoms with Crippen molar-refractivity contribution < 1.29 is 9.32 Å². The molecule has 2 aromatic rings. The van der Waals surface area contributed by atoms with E-state index in [-0.39, 0.29) is 17.3 Å². The van der Waals surface area contributed by atoms with Crippen LogP contribution in [0, 0.1) is 6.92 Å². The number of carbonyl (C=O) groups is 1. The van der Waals surface area contributed by atoms with E-state index in [0.717, 1.165) is 25.9 Å². The van der Waals surface area contributed by atoms with Crippen LogP contribution in [0.25, 0.3) is 0 Å². The number of piperidine rings is 1. The predicted octanol–water partition coefficient (Wildman–Crippen LogP) is 2.61. The molecule has 0 aliphatic carbocycles. The third kappa shape index (κ3) is 2.95. The normalized spacial score (nSPS) is 20.8. The molecule has 6 heteroatoms. The number of aryl methyl sites for hydroxylation is 1. The largest absolute Gasteiger partial charge is 0.334 e. The summed E-state index contributed by atoms with van der Waals surface area (Å²) in [4.78, 5) is 21.2. The Labute approximate surface area is 147 Å². The van der Waals surface area contributed by atoms with Crippen LogP contribution in [0.1, 0.15) is 47.8 Å². The Bertz CT molecular complexity index is 729.